The van der Waals surface area contributed by atoms with Crippen LogP contribution in [0.2, 0.25) is 0 Å². The van der Waals surface area contributed by atoms with Crippen molar-refractivity contribution in [2.75, 3.05) is 24.3 Å². The van der Waals surface area contributed by atoms with Crippen molar-refractivity contribution < 1.29 is 0 Å². The predicted octanol–water partition coefficient (Wildman–Crippen LogP) is 2.17. The first-order chi connectivity index (χ1) is 9.10. The van der Waals surface area contributed by atoms with E-state index in [4.69, 9.17) is 0 Å². The van der Waals surface area contributed by atoms with E-state index in [1.54, 1.807) is 0 Å². The van der Waals surface area contributed by atoms with Gasteiger partial charge in [-0.2, -0.15) is 4.98 Å². The largest absolute Gasteiger partial charge is 0.357 e. The first-order valence-corrected chi connectivity index (χ1v) is 6.25. The molecule has 0 fully saturated rings. The van der Waals surface area contributed by atoms with E-state index in [2.05, 4.69) is 25.2 Å². The van der Waals surface area contributed by atoms with Crippen molar-refractivity contribution in [3.8, 4) is 0 Å². The molecule has 0 aliphatic carbocycles. The lowest BCUT2D eigenvalue weighted by atomic mass is 10.2. The Kier molecular flexibility index (Phi) is 3.94. The zero-order valence-corrected chi connectivity index (χ0v) is 11.8. The zero-order chi connectivity index (χ0) is 13.8. The summed E-state index contributed by atoms with van der Waals surface area (Å²) in [5.74, 6) is 1.55. The van der Waals surface area contributed by atoms with Crippen molar-refractivity contribution in [3.63, 3.8) is 0 Å². The summed E-state index contributed by atoms with van der Waals surface area (Å²) < 4.78 is 0. The molecule has 2 aromatic heterocycles. The van der Waals surface area contributed by atoms with Crippen LogP contribution in [0.15, 0.2) is 24.4 Å². The highest BCUT2D eigenvalue weighted by atomic mass is 15.2. The minimum absolute atomic E-state index is 0.629. The van der Waals surface area contributed by atoms with Crippen LogP contribution in [0.5, 0.6) is 0 Å². The summed E-state index contributed by atoms with van der Waals surface area (Å²) in [5.41, 5.74) is 3.11. The van der Waals surface area contributed by atoms with Crippen LogP contribution >= 0.6 is 0 Å². The van der Waals surface area contributed by atoms with Gasteiger partial charge in [-0.25, -0.2) is 4.98 Å². The molecule has 2 heterocycles. The van der Waals surface area contributed by atoms with Crippen molar-refractivity contribution in [2.24, 2.45) is 0 Å². The van der Waals surface area contributed by atoms with Crippen LogP contribution in [0.25, 0.3) is 0 Å². The van der Waals surface area contributed by atoms with E-state index in [0.717, 1.165) is 29.3 Å². The van der Waals surface area contributed by atoms with E-state index in [1.165, 1.54) is 0 Å². The van der Waals surface area contributed by atoms with Crippen LogP contribution in [-0.4, -0.2) is 29.0 Å². The van der Waals surface area contributed by atoms with Crippen LogP contribution in [-0.2, 0) is 6.54 Å². The number of nitrogens with one attached hydrogen (secondary N) is 1. The Morgan fingerprint density at radius 1 is 1.21 bits per heavy atom. The number of aryl methyl sites for hydroxylation is 2. The molecule has 0 amide bonds. The Hall–Kier alpha value is -2.17. The Balaban J connectivity index is 2.22. The number of hydrogen-bond acceptors (Lipinski definition) is 5. The summed E-state index contributed by atoms with van der Waals surface area (Å²) in [7, 11) is 3.83. The standard InChI is InChI=1S/C14H19N5/c1-10-8-16-14(15-3)18-13(10)19(4)9-12-7-5-6-11(2)17-12/h5-8H,9H2,1-4H3,(H,15,16,18). The molecular weight excluding hydrogens is 238 g/mol. The molecule has 0 radical (unpaired) electrons. The van der Waals surface area contributed by atoms with E-state index in [9.17, 15) is 0 Å². The average Bonchev–Trinajstić information content (AvgIpc) is 2.39. The molecule has 5 heteroatoms. The van der Waals surface area contributed by atoms with Crippen LogP contribution in [0.4, 0.5) is 11.8 Å². The van der Waals surface area contributed by atoms with E-state index in [-0.39, 0.29) is 0 Å². The fourth-order valence-electron chi connectivity index (χ4n) is 1.95. The number of rotatable bonds is 4. The molecule has 0 spiro atoms. The average molecular weight is 257 g/mol. The number of pyridine rings is 1. The second-order valence-corrected chi connectivity index (χ2v) is 4.58. The number of aromatic nitrogens is 3. The number of hydrogen-bond donors (Lipinski definition) is 1. The van der Waals surface area contributed by atoms with E-state index < -0.39 is 0 Å². The summed E-state index contributed by atoms with van der Waals surface area (Å²) in [6.45, 7) is 4.73. The maximum Gasteiger partial charge on any atom is 0.224 e. The lowest BCUT2D eigenvalue weighted by Crippen LogP contribution is -2.20. The summed E-state index contributed by atoms with van der Waals surface area (Å²) in [6.07, 6.45) is 1.83. The van der Waals surface area contributed by atoms with E-state index in [1.807, 2.05) is 52.3 Å². The normalized spacial score (nSPS) is 10.3. The molecule has 2 aromatic rings. The first-order valence-electron chi connectivity index (χ1n) is 6.25. The van der Waals surface area contributed by atoms with E-state index in [0.29, 0.717) is 5.95 Å². The third kappa shape index (κ3) is 3.19. The maximum absolute atomic E-state index is 4.51. The van der Waals surface area contributed by atoms with Crippen LogP contribution in [0, 0.1) is 13.8 Å². The molecule has 0 aliphatic heterocycles. The molecule has 0 aromatic carbocycles. The zero-order valence-electron chi connectivity index (χ0n) is 11.8. The van der Waals surface area contributed by atoms with Gasteiger partial charge < -0.3 is 10.2 Å². The van der Waals surface area contributed by atoms with Gasteiger partial charge in [-0.15, -0.1) is 0 Å². The predicted molar refractivity (Wildman–Crippen MR) is 77.4 cm³/mol. The quantitative estimate of drug-likeness (QED) is 0.909. The molecule has 0 atom stereocenters. The van der Waals surface area contributed by atoms with Gasteiger partial charge in [0.1, 0.15) is 5.82 Å². The first kappa shape index (κ1) is 13.3. The highest BCUT2D eigenvalue weighted by Gasteiger charge is 2.09. The SMILES string of the molecule is CNc1ncc(C)c(N(C)Cc2cccc(C)n2)n1. The van der Waals surface area contributed by atoms with Crippen LogP contribution < -0.4 is 10.2 Å². The van der Waals surface area contributed by atoms with Gasteiger partial charge in [-0.3, -0.25) is 4.98 Å². The van der Waals surface area contributed by atoms with Crippen molar-refractivity contribution in [1.82, 2.24) is 15.0 Å². The molecule has 0 saturated carbocycles. The molecular formula is C14H19N5. The van der Waals surface area contributed by atoms with Crippen LogP contribution in [0.3, 0.4) is 0 Å². The lowest BCUT2D eigenvalue weighted by molar-refractivity contribution is 0.849. The van der Waals surface area contributed by atoms with Crippen LogP contribution in [0.1, 0.15) is 17.0 Å². The van der Waals surface area contributed by atoms with Crippen molar-refractivity contribution >= 4 is 11.8 Å². The number of anilines is 2. The van der Waals surface area contributed by atoms with Gasteiger partial charge in [0.05, 0.1) is 12.2 Å². The third-order valence-corrected chi connectivity index (χ3v) is 2.88. The highest BCUT2D eigenvalue weighted by Crippen LogP contribution is 2.18. The summed E-state index contributed by atoms with van der Waals surface area (Å²) >= 11 is 0. The maximum atomic E-state index is 4.51. The van der Waals surface area contributed by atoms with Gasteiger partial charge in [-0.05, 0) is 26.0 Å². The molecule has 19 heavy (non-hydrogen) atoms. The van der Waals surface area contributed by atoms with Gasteiger partial charge in [0, 0.05) is 31.5 Å². The van der Waals surface area contributed by atoms with Gasteiger partial charge in [0.15, 0.2) is 0 Å². The fraction of sp³-hybridized carbons (Fsp3) is 0.357. The summed E-state index contributed by atoms with van der Waals surface area (Å²) in [6, 6.07) is 6.05. The molecule has 100 valence electrons. The summed E-state index contributed by atoms with van der Waals surface area (Å²) in [4.78, 5) is 15.3. The summed E-state index contributed by atoms with van der Waals surface area (Å²) in [5, 5.41) is 2.96. The molecule has 0 unspecified atom stereocenters. The van der Waals surface area contributed by atoms with E-state index >= 15 is 0 Å². The molecule has 0 aliphatic rings. The molecule has 2 rings (SSSR count). The van der Waals surface area contributed by atoms with Gasteiger partial charge in [0.2, 0.25) is 5.95 Å². The molecule has 5 nitrogen and oxygen atoms in total. The fourth-order valence-corrected chi connectivity index (χ4v) is 1.95. The molecule has 1 N–H and O–H groups in total. The molecule has 0 saturated heterocycles. The van der Waals surface area contributed by atoms with Gasteiger partial charge in [0.25, 0.3) is 0 Å². The third-order valence-electron chi connectivity index (χ3n) is 2.88. The Morgan fingerprint density at radius 3 is 2.68 bits per heavy atom. The second kappa shape index (κ2) is 5.65. The van der Waals surface area contributed by atoms with Crippen molar-refractivity contribution in [2.45, 2.75) is 20.4 Å². The number of nitrogens with zero attached hydrogens (tertiary/aromatic N) is 4. The lowest BCUT2D eigenvalue weighted by Gasteiger charge is -2.20. The van der Waals surface area contributed by atoms with Crippen molar-refractivity contribution in [3.05, 3.63) is 41.3 Å². The van der Waals surface area contributed by atoms with Gasteiger partial charge in [-0.1, -0.05) is 6.07 Å². The Bertz CT molecular complexity index is 568. The second-order valence-electron chi connectivity index (χ2n) is 4.58. The Morgan fingerprint density at radius 2 is 2.00 bits per heavy atom. The minimum Gasteiger partial charge on any atom is -0.357 e. The van der Waals surface area contributed by atoms with Gasteiger partial charge >= 0.3 is 0 Å². The highest BCUT2D eigenvalue weighted by molar-refractivity contribution is 5.48. The Labute approximate surface area is 113 Å². The smallest absolute Gasteiger partial charge is 0.224 e. The van der Waals surface area contributed by atoms with Crippen molar-refractivity contribution in [1.29, 1.82) is 0 Å². The topological polar surface area (TPSA) is 53.9 Å². The monoisotopic (exact) mass is 257 g/mol. The molecule has 0 bridgehead atoms. The minimum atomic E-state index is 0.629.